The highest BCUT2D eigenvalue weighted by molar-refractivity contribution is 5.09. The lowest BCUT2D eigenvalue weighted by Gasteiger charge is -2.25. The topological polar surface area (TPSA) is 22.1 Å². The second kappa shape index (κ2) is 3.68. The van der Waals surface area contributed by atoms with Crippen LogP contribution in [0.15, 0.2) is 24.5 Å². The van der Waals surface area contributed by atoms with Crippen molar-refractivity contribution in [3.05, 3.63) is 30.1 Å². The van der Waals surface area contributed by atoms with E-state index in [0.717, 1.165) is 25.6 Å². The Morgan fingerprint density at radius 2 is 2.08 bits per heavy atom. The van der Waals surface area contributed by atoms with Crippen molar-refractivity contribution in [3.8, 4) is 0 Å². The predicted molar refractivity (Wildman–Crippen MR) is 46.9 cm³/mol. The number of ether oxygens (including phenoxy) is 1. The van der Waals surface area contributed by atoms with Crippen LogP contribution in [-0.4, -0.2) is 18.2 Å². The summed E-state index contributed by atoms with van der Waals surface area (Å²) < 4.78 is 5.11. The van der Waals surface area contributed by atoms with Gasteiger partial charge in [0.1, 0.15) is 0 Å². The first-order chi connectivity index (χ1) is 5.95. The predicted octanol–water partition coefficient (Wildman–Crippen LogP) is 1.66. The minimum atomic E-state index is 0.804. The second-order valence-electron chi connectivity index (χ2n) is 3.30. The molecule has 2 rings (SSSR count). The molecular formula is C10H13NO. The minimum Gasteiger partial charge on any atom is -0.381 e. The number of pyridine rings is 1. The molecule has 12 heavy (non-hydrogen) atoms. The molecule has 0 radical (unpaired) electrons. The largest absolute Gasteiger partial charge is 0.381 e. The Kier molecular flexibility index (Phi) is 2.37. The molecule has 2 heteroatoms. The molecule has 0 spiro atoms. The number of aryl methyl sites for hydroxylation is 1. The smallest absolute Gasteiger partial charge is 0.0516 e. The van der Waals surface area contributed by atoms with Crippen molar-refractivity contribution in [1.82, 2.24) is 4.98 Å². The van der Waals surface area contributed by atoms with Crippen LogP contribution in [0.5, 0.6) is 0 Å². The van der Waals surface area contributed by atoms with Crippen molar-refractivity contribution in [1.29, 1.82) is 0 Å². The number of nitrogens with zero attached hydrogens (tertiary/aromatic N) is 1. The van der Waals surface area contributed by atoms with Crippen LogP contribution in [0.25, 0.3) is 0 Å². The number of rotatable bonds is 3. The van der Waals surface area contributed by atoms with E-state index in [4.69, 9.17) is 4.74 Å². The monoisotopic (exact) mass is 163 g/mol. The first-order valence-electron chi connectivity index (χ1n) is 4.42. The lowest BCUT2D eigenvalue weighted by Crippen LogP contribution is -2.27. The zero-order valence-corrected chi connectivity index (χ0v) is 7.07. The zero-order chi connectivity index (χ0) is 8.23. The number of aromatic nitrogens is 1. The summed E-state index contributed by atoms with van der Waals surface area (Å²) in [6.07, 6.45) is 6.12. The third-order valence-electron chi connectivity index (χ3n) is 2.30. The van der Waals surface area contributed by atoms with E-state index in [1.54, 1.807) is 0 Å². The first-order valence-corrected chi connectivity index (χ1v) is 4.42. The number of hydrogen-bond donors (Lipinski definition) is 0. The summed E-state index contributed by atoms with van der Waals surface area (Å²) in [4.78, 5) is 3.98. The van der Waals surface area contributed by atoms with E-state index < -0.39 is 0 Å². The SMILES string of the molecule is c1cc(CCC2COC2)ccn1. The fourth-order valence-electron chi connectivity index (χ4n) is 1.37. The molecule has 1 aromatic rings. The second-order valence-corrected chi connectivity index (χ2v) is 3.30. The third-order valence-corrected chi connectivity index (χ3v) is 2.30. The van der Waals surface area contributed by atoms with Gasteiger partial charge in [0.15, 0.2) is 0 Å². The van der Waals surface area contributed by atoms with E-state index in [2.05, 4.69) is 17.1 Å². The fourth-order valence-corrected chi connectivity index (χ4v) is 1.37. The molecule has 64 valence electrons. The van der Waals surface area contributed by atoms with Crippen LogP contribution in [0.2, 0.25) is 0 Å². The molecule has 0 saturated carbocycles. The minimum absolute atomic E-state index is 0.804. The van der Waals surface area contributed by atoms with Crippen LogP contribution in [0, 0.1) is 5.92 Å². The van der Waals surface area contributed by atoms with Gasteiger partial charge >= 0.3 is 0 Å². The molecule has 0 aliphatic carbocycles. The van der Waals surface area contributed by atoms with E-state index in [9.17, 15) is 0 Å². The van der Waals surface area contributed by atoms with Crippen LogP contribution in [0.1, 0.15) is 12.0 Å². The summed E-state index contributed by atoms with van der Waals surface area (Å²) in [7, 11) is 0. The fraction of sp³-hybridized carbons (Fsp3) is 0.500. The summed E-state index contributed by atoms with van der Waals surface area (Å²) in [5.41, 5.74) is 1.39. The Morgan fingerprint density at radius 1 is 1.33 bits per heavy atom. The highest BCUT2D eigenvalue weighted by atomic mass is 16.5. The van der Waals surface area contributed by atoms with Gasteiger partial charge in [-0.2, -0.15) is 0 Å². The van der Waals surface area contributed by atoms with Crippen molar-refractivity contribution in [3.63, 3.8) is 0 Å². The van der Waals surface area contributed by atoms with Crippen LogP contribution >= 0.6 is 0 Å². The van der Waals surface area contributed by atoms with Gasteiger partial charge in [-0.05, 0) is 30.5 Å². The maximum absolute atomic E-state index is 5.11. The van der Waals surface area contributed by atoms with E-state index in [-0.39, 0.29) is 0 Å². The van der Waals surface area contributed by atoms with Gasteiger partial charge in [0, 0.05) is 18.3 Å². The van der Waals surface area contributed by atoms with E-state index in [1.165, 1.54) is 12.0 Å². The van der Waals surface area contributed by atoms with Gasteiger partial charge in [0.05, 0.1) is 13.2 Å². The Bertz CT molecular complexity index is 231. The van der Waals surface area contributed by atoms with Crippen molar-refractivity contribution in [2.24, 2.45) is 5.92 Å². The molecule has 1 aromatic heterocycles. The highest BCUT2D eigenvalue weighted by Crippen LogP contribution is 2.16. The molecule has 0 unspecified atom stereocenters. The lowest BCUT2D eigenvalue weighted by atomic mass is 9.99. The molecular weight excluding hydrogens is 150 g/mol. The van der Waals surface area contributed by atoms with Gasteiger partial charge < -0.3 is 4.74 Å². The molecule has 2 nitrogen and oxygen atoms in total. The standard InChI is InChI=1S/C10H13NO/c1(2-10-7-12-8-10)9-3-5-11-6-4-9/h3-6,10H,1-2,7-8H2. The van der Waals surface area contributed by atoms with Gasteiger partial charge in [-0.15, -0.1) is 0 Å². The normalized spacial score (nSPS) is 17.3. The molecule has 1 saturated heterocycles. The molecule has 0 amide bonds. The quantitative estimate of drug-likeness (QED) is 0.676. The van der Waals surface area contributed by atoms with Gasteiger partial charge in [-0.3, -0.25) is 4.98 Å². The highest BCUT2D eigenvalue weighted by Gasteiger charge is 2.17. The molecule has 1 fully saturated rings. The molecule has 0 atom stereocenters. The number of hydrogen-bond acceptors (Lipinski definition) is 2. The summed E-state index contributed by atoms with van der Waals surface area (Å²) >= 11 is 0. The summed E-state index contributed by atoms with van der Waals surface area (Å²) in [5, 5.41) is 0. The molecule has 2 heterocycles. The van der Waals surface area contributed by atoms with E-state index in [0.29, 0.717) is 0 Å². The summed E-state index contributed by atoms with van der Waals surface area (Å²) in [5.74, 6) is 0.804. The maximum atomic E-state index is 5.11. The van der Waals surface area contributed by atoms with Gasteiger partial charge in [0.25, 0.3) is 0 Å². The molecule has 0 bridgehead atoms. The first kappa shape index (κ1) is 7.74. The van der Waals surface area contributed by atoms with E-state index >= 15 is 0 Å². The molecule has 0 aromatic carbocycles. The van der Waals surface area contributed by atoms with Gasteiger partial charge in [-0.1, -0.05) is 0 Å². The van der Waals surface area contributed by atoms with Crippen LogP contribution in [-0.2, 0) is 11.2 Å². The summed E-state index contributed by atoms with van der Waals surface area (Å²) in [6, 6.07) is 4.17. The van der Waals surface area contributed by atoms with Gasteiger partial charge in [0.2, 0.25) is 0 Å². The Balaban J connectivity index is 1.79. The molecule has 0 N–H and O–H groups in total. The van der Waals surface area contributed by atoms with Gasteiger partial charge in [-0.25, -0.2) is 0 Å². The average Bonchev–Trinajstić information content (AvgIpc) is 2.04. The van der Waals surface area contributed by atoms with Crippen molar-refractivity contribution in [2.75, 3.05) is 13.2 Å². The van der Waals surface area contributed by atoms with Crippen LogP contribution < -0.4 is 0 Å². The Labute approximate surface area is 72.6 Å². The third kappa shape index (κ3) is 1.83. The average molecular weight is 163 g/mol. The zero-order valence-electron chi connectivity index (χ0n) is 7.07. The maximum Gasteiger partial charge on any atom is 0.0516 e. The lowest BCUT2D eigenvalue weighted by molar-refractivity contribution is -0.0352. The van der Waals surface area contributed by atoms with Crippen LogP contribution in [0.4, 0.5) is 0 Å². The molecule has 1 aliphatic heterocycles. The Morgan fingerprint density at radius 3 is 2.67 bits per heavy atom. The van der Waals surface area contributed by atoms with Crippen molar-refractivity contribution in [2.45, 2.75) is 12.8 Å². The Hall–Kier alpha value is -0.890. The molecule has 1 aliphatic rings. The van der Waals surface area contributed by atoms with E-state index in [1.807, 2.05) is 12.4 Å². The van der Waals surface area contributed by atoms with Crippen molar-refractivity contribution < 1.29 is 4.74 Å². The van der Waals surface area contributed by atoms with Crippen LogP contribution in [0.3, 0.4) is 0 Å². The summed E-state index contributed by atoms with van der Waals surface area (Å²) in [6.45, 7) is 1.93. The van der Waals surface area contributed by atoms with Crippen molar-refractivity contribution >= 4 is 0 Å².